The molecule has 0 aromatic carbocycles. The smallest absolute Gasteiger partial charge is 0.238 e. The summed E-state index contributed by atoms with van der Waals surface area (Å²) in [6.45, 7) is 12.8. The van der Waals surface area contributed by atoms with Crippen LogP contribution in [0, 0.1) is 11.3 Å². The molecular formula is C18H33N3O2S. The molecular weight excluding hydrogens is 322 g/mol. The maximum atomic E-state index is 12.4. The highest BCUT2D eigenvalue weighted by Gasteiger charge is 2.44. The topological polar surface area (TPSA) is 61.4 Å². The average molecular weight is 356 g/mol. The van der Waals surface area contributed by atoms with E-state index in [2.05, 4.69) is 45.3 Å². The van der Waals surface area contributed by atoms with Crippen LogP contribution in [0.4, 0.5) is 0 Å². The zero-order valence-electron chi connectivity index (χ0n) is 15.8. The van der Waals surface area contributed by atoms with Gasteiger partial charge in [-0.1, -0.05) is 34.6 Å². The SMILES string of the molecule is CC(C)CNC(=O)C1CSC2(CCN(C(=O)CC(C)(C)C)CC2)N1. The molecule has 0 bridgehead atoms. The Hall–Kier alpha value is -0.750. The van der Waals surface area contributed by atoms with Crippen molar-refractivity contribution in [2.75, 3.05) is 25.4 Å². The van der Waals surface area contributed by atoms with Crippen LogP contribution in [0.15, 0.2) is 0 Å². The van der Waals surface area contributed by atoms with Gasteiger partial charge in [0.1, 0.15) is 0 Å². The summed E-state index contributed by atoms with van der Waals surface area (Å²) in [5.41, 5.74) is 0.0339. The van der Waals surface area contributed by atoms with Crippen LogP contribution in [0.3, 0.4) is 0 Å². The molecule has 2 aliphatic rings. The molecule has 0 aromatic heterocycles. The maximum Gasteiger partial charge on any atom is 0.238 e. The largest absolute Gasteiger partial charge is 0.354 e. The van der Waals surface area contributed by atoms with Crippen molar-refractivity contribution in [3.8, 4) is 0 Å². The summed E-state index contributed by atoms with van der Waals surface area (Å²) in [4.78, 5) is 26.6. The summed E-state index contributed by atoms with van der Waals surface area (Å²) in [6.07, 6.45) is 2.43. The average Bonchev–Trinajstić information content (AvgIpc) is 2.87. The van der Waals surface area contributed by atoms with Gasteiger partial charge < -0.3 is 10.2 Å². The van der Waals surface area contributed by atoms with E-state index in [1.165, 1.54) is 0 Å². The van der Waals surface area contributed by atoms with Crippen LogP contribution < -0.4 is 10.6 Å². The molecule has 6 heteroatoms. The van der Waals surface area contributed by atoms with Crippen LogP contribution in [0.25, 0.3) is 0 Å². The molecule has 2 aliphatic heterocycles. The predicted octanol–water partition coefficient (Wildman–Crippen LogP) is 2.22. The van der Waals surface area contributed by atoms with Gasteiger partial charge in [0.25, 0.3) is 0 Å². The quantitative estimate of drug-likeness (QED) is 0.812. The number of piperidine rings is 1. The first-order valence-corrected chi connectivity index (χ1v) is 10.1. The molecule has 0 radical (unpaired) electrons. The number of nitrogens with zero attached hydrogens (tertiary/aromatic N) is 1. The number of carbonyl (C=O) groups excluding carboxylic acids is 2. The number of nitrogens with one attached hydrogen (secondary N) is 2. The van der Waals surface area contributed by atoms with Gasteiger partial charge in [-0.2, -0.15) is 0 Å². The van der Waals surface area contributed by atoms with Crippen LogP contribution in [-0.2, 0) is 9.59 Å². The minimum atomic E-state index is -0.106. The van der Waals surface area contributed by atoms with Crippen molar-refractivity contribution < 1.29 is 9.59 Å². The lowest BCUT2D eigenvalue weighted by atomic mass is 9.91. The fraction of sp³-hybridized carbons (Fsp3) is 0.889. The van der Waals surface area contributed by atoms with E-state index >= 15 is 0 Å². The molecule has 0 saturated carbocycles. The van der Waals surface area contributed by atoms with E-state index in [9.17, 15) is 9.59 Å². The van der Waals surface area contributed by atoms with Crippen molar-refractivity contribution in [1.29, 1.82) is 0 Å². The molecule has 5 nitrogen and oxygen atoms in total. The van der Waals surface area contributed by atoms with Gasteiger partial charge in [-0.15, -0.1) is 11.8 Å². The number of hydrogen-bond acceptors (Lipinski definition) is 4. The summed E-state index contributed by atoms with van der Waals surface area (Å²) >= 11 is 1.85. The lowest BCUT2D eigenvalue weighted by molar-refractivity contribution is -0.134. The second-order valence-electron chi connectivity index (χ2n) is 8.76. The van der Waals surface area contributed by atoms with Gasteiger partial charge in [-0.25, -0.2) is 0 Å². The van der Waals surface area contributed by atoms with Crippen molar-refractivity contribution in [2.45, 2.75) is 64.8 Å². The number of thioether (sulfide) groups is 1. The van der Waals surface area contributed by atoms with E-state index in [0.717, 1.165) is 38.2 Å². The normalized spacial score (nSPS) is 23.8. The van der Waals surface area contributed by atoms with Gasteiger partial charge in [0.2, 0.25) is 11.8 Å². The molecule has 1 spiro atoms. The number of carbonyl (C=O) groups is 2. The number of hydrogen-bond donors (Lipinski definition) is 2. The van der Waals surface area contributed by atoms with E-state index in [1.807, 2.05) is 16.7 Å². The molecule has 138 valence electrons. The lowest BCUT2D eigenvalue weighted by Gasteiger charge is -2.40. The summed E-state index contributed by atoms with van der Waals surface area (Å²) in [5, 5.41) is 6.57. The molecule has 2 amide bonds. The Balaban J connectivity index is 1.81. The zero-order valence-corrected chi connectivity index (χ0v) is 16.6. The van der Waals surface area contributed by atoms with E-state index in [-0.39, 0.29) is 28.1 Å². The first-order valence-electron chi connectivity index (χ1n) is 9.07. The highest BCUT2D eigenvalue weighted by atomic mass is 32.2. The van der Waals surface area contributed by atoms with E-state index < -0.39 is 0 Å². The lowest BCUT2D eigenvalue weighted by Crippen LogP contribution is -2.54. The van der Waals surface area contributed by atoms with Crippen molar-refractivity contribution in [3.05, 3.63) is 0 Å². The Labute approximate surface area is 150 Å². The molecule has 1 unspecified atom stereocenters. The van der Waals surface area contributed by atoms with Crippen molar-refractivity contribution in [1.82, 2.24) is 15.5 Å². The van der Waals surface area contributed by atoms with E-state index in [1.54, 1.807) is 0 Å². The highest BCUT2D eigenvalue weighted by Crippen LogP contribution is 2.39. The van der Waals surface area contributed by atoms with Gasteiger partial charge >= 0.3 is 0 Å². The predicted molar refractivity (Wildman–Crippen MR) is 99.8 cm³/mol. The maximum absolute atomic E-state index is 12.4. The molecule has 2 fully saturated rings. The molecule has 0 aromatic rings. The fourth-order valence-corrected chi connectivity index (χ4v) is 4.60. The molecule has 2 N–H and O–H groups in total. The third kappa shape index (κ3) is 5.38. The third-order valence-electron chi connectivity index (χ3n) is 4.57. The van der Waals surface area contributed by atoms with E-state index in [4.69, 9.17) is 0 Å². The van der Waals surface area contributed by atoms with Crippen molar-refractivity contribution in [2.24, 2.45) is 11.3 Å². The molecule has 0 aliphatic carbocycles. The Morgan fingerprint density at radius 1 is 1.29 bits per heavy atom. The van der Waals surface area contributed by atoms with Crippen LogP contribution in [0.2, 0.25) is 0 Å². The molecule has 2 rings (SSSR count). The Kier molecular flexibility index (Phi) is 6.24. The number of rotatable bonds is 4. The van der Waals surface area contributed by atoms with Crippen LogP contribution in [0.5, 0.6) is 0 Å². The fourth-order valence-electron chi connectivity index (χ4n) is 3.18. The van der Waals surface area contributed by atoms with Gasteiger partial charge in [0.15, 0.2) is 0 Å². The van der Waals surface area contributed by atoms with Gasteiger partial charge in [0.05, 0.1) is 10.9 Å². The Morgan fingerprint density at radius 3 is 2.46 bits per heavy atom. The van der Waals surface area contributed by atoms with Gasteiger partial charge in [-0.05, 0) is 24.2 Å². The zero-order chi connectivity index (χ0) is 18.0. The molecule has 2 heterocycles. The van der Waals surface area contributed by atoms with Crippen LogP contribution >= 0.6 is 11.8 Å². The first kappa shape index (κ1) is 19.6. The van der Waals surface area contributed by atoms with Gasteiger partial charge in [0, 0.05) is 31.8 Å². The first-order chi connectivity index (χ1) is 11.1. The monoisotopic (exact) mass is 355 g/mol. The summed E-state index contributed by atoms with van der Waals surface area (Å²) in [7, 11) is 0. The standard InChI is InChI=1S/C18H33N3O2S/c1-13(2)11-19-16(23)14-12-24-18(20-14)6-8-21(9-7-18)15(22)10-17(3,4)5/h13-14,20H,6-12H2,1-5H3,(H,19,23). The Bertz CT molecular complexity index is 465. The second-order valence-corrected chi connectivity index (χ2v) is 10.2. The molecule has 1 atom stereocenters. The van der Waals surface area contributed by atoms with Crippen molar-refractivity contribution >= 4 is 23.6 Å². The summed E-state index contributed by atoms with van der Waals surface area (Å²) < 4.78 is 0. The Morgan fingerprint density at radius 2 is 1.92 bits per heavy atom. The van der Waals surface area contributed by atoms with Crippen LogP contribution in [0.1, 0.15) is 53.9 Å². The molecule has 24 heavy (non-hydrogen) atoms. The second kappa shape index (κ2) is 7.65. The van der Waals surface area contributed by atoms with Gasteiger partial charge in [-0.3, -0.25) is 14.9 Å². The van der Waals surface area contributed by atoms with Crippen molar-refractivity contribution in [3.63, 3.8) is 0 Å². The number of likely N-dealkylation sites (tertiary alicyclic amines) is 1. The minimum absolute atomic E-state index is 0.0294. The van der Waals surface area contributed by atoms with Crippen LogP contribution in [-0.4, -0.2) is 53.0 Å². The number of amides is 2. The molecule has 2 saturated heterocycles. The minimum Gasteiger partial charge on any atom is -0.354 e. The summed E-state index contributed by atoms with van der Waals surface area (Å²) in [5.74, 6) is 1.65. The highest BCUT2D eigenvalue weighted by molar-refractivity contribution is 8.01. The van der Waals surface area contributed by atoms with E-state index in [0.29, 0.717) is 12.3 Å². The summed E-state index contributed by atoms with van der Waals surface area (Å²) in [6, 6.07) is -0.106. The third-order valence-corrected chi connectivity index (χ3v) is 6.15.